The van der Waals surface area contributed by atoms with Crippen molar-refractivity contribution in [2.24, 2.45) is 0 Å². The van der Waals surface area contributed by atoms with Gasteiger partial charge in [0.25, 0.3) is 5.91 Å². The molecular weight excluding hydrogens is 390 g/mol. The molecule has 1 aliphatic carbocycles. The highest BCUT2D eigenvalue weighted by Gasteiger charge is 2.23. The number of rotatable bonds is 8. The Balaban J connectivity index is 1.88. The minimum Gasteiger partial charge on any atom is -0.461 e. The molecule has 0 aliphatic heterocycles. The van der Waals surface area contributed by atoms with Crippen molar-refractivity contribution in [3.8, 4) is 11.4 Å². The zero-order valence-electron chi connectivity index (χ0n) is 17.3. The largest absolute Gasteiger partial charge is 0.461 e. The van der Waals surface area contributed by atoms with Gasteiger partial charge in [0, 0.05) is 30.8 Å². The lowest BCUT2D eigenvalue weighted by molar-refractivity contribution is 0.0526. The molecule has 3 rings (SSSR count). The van der Waals surface area contributed by atoms with Crippen LogP contribution in [0.3, 0.4) is 0 Å². The van der Waals surface area contributed by atoms with Gasteiger partial charge in [-0.2, -0.15) is 0 Å². The first-order valence-electron chi connectivity index (χ1n) is 10.2. The van der Waals surface area contributed by atoms with E-state index in [0.717, 1.165) is 24.2 Å². The highest BCUT2D eigenvalue weighted by molar-refractivity contribution is 7.11. The zero-order valence-corrected chi connectivity index (χ0v) is 18.1. The lowest BCUT2D eigenvalue weighted by atomic mass is 9.95. The Morgan fingerprint density at radius 1 is 1.31 bits per heavy atom. The summed E-state index contributed by atoms with van der Waals surface area (Å²) >= 11 is 1.25. The standard InChI is InChI=1S/C21H29N3O4S/c1-4-28-21(26)20-23-17(13-29-20)18-12-16(14(2)24(18)10-11-27-3)19(25)22-15-8-6-5-7-9-15/h12-13,15H,4-11H2,1-3H3,(H,22,25). The average molecular weight is 420 g/mol. The van der Waals surface area contributed by atoms with Crippen LogP contribution < -0.4 is 5.32 Å². The molecule has 0 saturated heterocycles. The predicted molar refractivity (Wildman–Crippen MR) is 112 cm³/mol. The van der Waals surface area contributed by atoms with E-state index in [4.69, 9.17) is 9.47 Å². The molecule has 2 heterocycles. The summed E-state index contributed by atoms with van der Waals surface area (Å²) in [4.78, 5) is 29.4. The highest BCUT2D eigenvalue weighted by Crippen LogP contribution is 2.28. The maximum absolute atomic E-state index is 13.0. The van der Waals surface area contributed by atoms with Crippen LogP contribution in [0.15, 0.2) is 11.4 Å². The molecule has 158 valence electrons. The Hall–Kier alpha value is -2.19. The summed E-state index contributed by atoms with van der Waals surface area (Å²) < 4.78 is 12.3. The number of hydrogen-bond donors (Lipinski definition) is 1. The predicted octanol–water partition coefficient (Wildman–Crippen LogP) is 3.81. The number of hydrogen-bond acceptors (Lipinski definition) is 6. The van der Waals surface area contributed by atoms with Gasteiger partial charge in [-0.05, 0) is 32.8 Å². The summed E-state index contributed by atoms with van der Waals surface area (Å²) in [6, 6.07) is 2.11. The molecule has 0 aromatic carbocycles. The smallest absolute Gasteiger partial charge is 0.367 e. The quantitative estimate of drug-likeness (QED) is 0.658. The maximum atomic E-state index is 13.0. The van der Waals surface area contributed by atoms with Gasteiger partial charge in [0.15, 0.2) is 0 Å². The van der Waals surface area contributed by atoms with Crippen LogP contribution in [0.2, 0.25) is 0 Å². The number of nitrogens with zero attached hydrogens (tertiary/aromatic N) is 2. The molecule has 1 saturated carbocycles. The molecule has 2 aromatic heterocycles. The molecule has 0 spiro atoms. The van der Waals surface area contributed by atoms with E-state index in [2.05, 4.69) is 10.3 Å². The lowest BCUT2D eigenvalue weighted by Gasteiger charge is -2.22. The van der Waals surface area contributed by atoms with Gasteiger partial charge in [0.05, 0.1) is 30.2 Å². The first kappa shape index (κ1) is 21.5. The number of thiazole rings is 1. The van der Waals surface area contributed by atoms with Crippen molar-refractivity contribution in [3.05, 3.63) is 27.7 Å². The molecule has 8 heteroatoms. The van der Waals surface area contributed by atoms with Gasteiger partial charge in [-0.1, -0.05) is 19.3 Å². The van der Waals surface area contributed by atoms with Gasteiger partial charge in [0.2, 0.25) is 5.01 Å². The number of carbonyl (C=O) groups excluding carboxylic acids is 2. The Bertz CT molecular complexity index is 852. The van der Waals surface area contributed by atoms with Crippen LogP contribution in [0.25, 0.3) is 11.4 Å². The second kappa shape index (κ2) is 10.0. The molecule has 0 radical (unpaired) electrons. The van der Waals surface area contributed by atoms with E-state index < -0.39 is 5.97 Å². The monoisotopic (exact) mass is 419 g/mol. The Morgan fingerprint density at radius 2 is 2.07 bits per heavy atom. The van der Waals surface area contributed by atoms with Gasteiger partial charge in [-0.25, -0.2) is 9.78 Å². The van der Waals surface area contributed by atoms with E-state index in [1.165, 1.54) is 30.6 Å². The summed E-state index contributed by atoms with van der Waals surface area (Å²) in [6.45, 7) is 5.13. The van der Waals surface area contributed by atoms with Crippen molar-refractivity contribution >= 4 is 23.2 Å². The van der Waals surface area contributed by atoms with Crippen LogP contribution in [-0.4, -0.2) is 47.8 Å². The van der Waals surface area contributed by atoms with Gasteiger partial charge < -0.3 is 19.4 Å². The fraction of sp³-hybridized carbons (Fsp3) is 0.571. The van der Waals surface area contributed by atoms with E-state index in [1.54, 1.807) is 14.0 Å². The molecule has 29 heavy (non-hydrogen) atoms. The summed E-state index contributed by atoms with van der Waals surface area (Å²) in [5, 5.41) is 5.33. The number of amides is 1. The number of carbonyl (C=O) groups is 2. The van der Waals surface area contributed by atoms with Crippen molar-refractivity contribution in [1.29, 1.82) is 0 Å². The van der Waals surface area contributed by atoms with Crippen molar-refractivity contribution in [3.63, 3.8) is 0 Å². The normalized spacial score (nSPS) is 14.7. The third-order valence-electron chi connectivity index (χ3n) is 5.29. The maximum Gasteiger partial charge on any atom is 0.367 e. The van der Waals surface area contributed by atoms with Gasteiger partial charge in [0.1, 0.15) is 0 Å². The second-order valence-electron chi connectivity index (χ2n) is 7.24. The third-order valence-corrected chi connectivity index (χ3v) is 6.11. The molecular formula is C21H29N3O4S. The SMILES string of the molecule is CCOC(=O)c1nc(-c2cc(C(=O)NC3CCCCC3)c(C)n2CCOC)cs1. The Kier molecular flexibility index (Phi) is 7.44. The number of nitrogens with one attached hydrogen (secondary N) is 1. The molecule has 1 N–H and O–H groups in total. The van der Waals surface area contributed by atoms with E-state index in [-0.39, 0.29) is 11.9 Å². The molecule has 0 atom stereocenters. The molecule has 0 unspecified atom stereocenters. The first-order valence-corrected chi connectivity index (χ1v) is 11.1. The summed E-state index contributed by atoms with van der Waals surface area (Å²) in [6.07, 6.45) is 5.66. The Morgan fingerprint density at radius 3 is 2.76 bits per heavy atom. The molecule has 1 amide bonds. The fourth-order valence-corrected chi connectivity index (χ4v) is 4.45. The van der Waals surface area contributed by atoms with Gasteiger partial charge in [-0.3, -0.25) is 4.79 Å². The van der Waals surface area contributed by atoms with Crippen molar-refractivity contribution in [1.82, 2.24) is 14.9 Å². The van der Waals surface area contributed by atoms with E-state index in [1.807, 2.05) is 22.9 Å². The molecule has 1 fully saturated rings. The van der Waals surface area contributed by atoms with E-state index >= 15 is 0 Å². The number of aromatic nitrogens is 2. The fourth-order valence-electron chi connectivity index (χ4n) is 3.75. The van der Waals surface area contributed by atoms with Gasteiger partial charge in [-0.15, -0.1) is 11.3 Å². The summed E-state index contributed by atoms with van der Waals surface area (Å²) in [5.41, 5.74) is 2.98. The zero-order chi connectivity index (χ0) is 20.8. The third kappa shape index (κ3) is 5.05. The average Bonchev–Trinajstić information content (AvgIpc) is 3.32. The van der Waals surface area contributed by atoms with Gasteiger partial charge >= 0.3 is 5.97 Å². The van der Waals surface area contributed by atoms with Crippen molar-refractivity contribution < 1.29 is 19.1 Å². The summed E-state index contributed by atoms with van der Waals surface area (Å²) in [7, 11) is 1.65. The minimum absolute atomic E-state index is 0.0485. The summed E-state index contributed by atoms with van der Waals surface area (Å²) in [5.74, 6) is -0.474. The molecule has 1 aliphatic rings. The van der Waals surface area contributed by atoms with Crippen LogP contribution in [0.4, 0.5) is 0 Å². The van der Waals surface area contributed by atoms with Crippen molar-refractivity contribution in [2.75, 3.05) is 20.3 Å². The van der Waals surface area contributed by atoms with Crippen LogP contribution >= 0.6 is 11.3 Å². The van der Waals surface area contributed by atoms with E-state index in [0.29, 0.717) is 36.0 Å². The second-order valence-corrected chi connectivity index (χ2v) is 8.10. The van der Waals surface area contributed by atoms with Crippen LogP contribution in [0.5, 0.6) is 0 Å². The molecule has 7 nitrogen and oxygen atoms in total. The van der Waals surface area contributed by atoms with Crippen LogP contribution in [0, 0.1) is 6.92 Å². The minimum atomic E-state index is -0.425. The Labute approximate surface area is 175 Å². The van der Waals surface area contributed by atoms with Crippen LogP contribution in [0.1, 0.15) is 64.9 Å². The molecule has 2 aromatic rings. The number of ether oxygens (including phenoxy) is 2. The van der Waals surface area contributed by atoms with Crippen LogP contribution in [-0.2, 0) is 16.0 Å². The van der Waals surface area contributed by atoms with Crippen molar-refractivity contribution in [2.45, 2.75) is 58.5 Å². The lowest BCUT2D eigenvalue weighted by Crippen LogP contribution is -2.36. The van der Waals surface area contributed by atoms with E-state index in [9.17, 15) is 9.59 Å². The first-order chi connectivity index (χ1) is 14.0. The number of methoxy groups -OCH3 is 1. The molecule has 0 bridgehead atoms. The topological polar surface area (TPSA) is 82.5 Å². The highest BCUT2D eigenvalue weighted by atomic mass is 32.1. The number of esters is 1.